The molecule has 2 N–H and O–H groups in total. The van der Waals surface area contributed by atoms with Gasteiger partial charge in [0.15, 0.2) is 16.6 Å². The first-order valence-electron chi connectivity index (χ1n) is 5.04. The summed E-state index contributed by atoms with van der Waals surface area (Å²) in [5.41, 5.74) is 3.44. The van der Waals surface area contributed by atoms with Crippen LogP contribution in [0.3, 0.4) is 0 Å². The molecule has 1 aromatic carbocycles. The van der Waals surface area contributed by atoms with Crippen molar-refractivity contribution in [3.63, 3.8) is 0 Å². The van der Waals surface area contributed by atoms with Crippen molar-refractivity contribution in [2.45, 2.75) is 0 Å². The number of thiocarbonyl (C=S) groups is 1. The van der Waals surface area contributed by atoms with Crippen LogP contribution < -0.4 is 20.2 Å². The number of rotatable bonds is 4. The Morgan fingerprint density at radius 1 is 1.39 bits per heavy atom. The van der Waals surface area contributed by atoms with E-state index >= 15 is 0 Å². The molecule has 0 fully saturated rings. The minimum Gasteiger partial charge on any atom is -0.493 e. The van der Waals surface area contributed by atoms with Crippen molar-refractivity contribution in [3.05, 3.63) is 22.2 Å². The molecule has 0 aliphatic rings. The number of nitrogens with one attached hydrogen (secondary N) is 2. The number of nitrogens with zero attached hydrogens (tertiary/aromatic N) is 1. The Labute approximate surface area is 120 Å². The van der Waals surface area contributed by atoms with Crippen LogP contribution in [-0.2, 0) is 0 Å². The van der Waals surface area contributed by atoms with Gasteiger partial charge in [0, 0.05) is 17.1 Å². The van der Waals surface area contributed by atoms with Gasteiger partial charge in [-0.2, -0.15) is 5.10 Å². The normalized spacial score (nSPS) is 10.2. The van der Waals surface area contributed by atoms with Gasteiger partial charge in [0.25, 0.3) is 0 Å². The first-order valence-corrected chi connectivity index (χ1v) is 6.24. The van der Waals surface area contributed by atoms with E-state index in [2.05, 4.69) is 31.8 Å². The predicted octanol–water partition coefficient (Wildman–Crippen LogP) is 1.89. The third-order valence-electron chi connectivity index (χ3n) is 2.07. The van der Waals surface area contributed by atoms with Crippen molar-refractivity contribution in [1.29, 1.82) is 0 Å². The molecule has 0 amide bonds. The second-order valence-electron chi connectivity index (χ2n) is 3.18. The van der Waals surface area contributed by atoms with Crippen LogP contribution in [0.15, 0.2) is 21.7 Å². The molecule has 5 nitrogen and oxygen atoms in total. The van der Waals surface area contributed by atoms with E-state index in [1.54, 1.807) is 27.5 Å². The maximum Gasteiger partial charge on any atom is 0.186 e. The molecule has 1 aromatic rings. The van der Waals surface area contributed by atoms with Gasteiger partial charge in [-0.05, 0) is 24.4 Å². The molecule has 0 bridgehead atoms. The molecule has 98 valence electrons. The molecule has 18 heavy (non-hydrogen) atoms. The lowest BCUT2D eigenvalue weighted by atomic mass is 10.2. The molecule has 1 rings (SSSR count). The van der Waals surface area contributed by atoms with Gasteiger partial charge in [0.05, 0.1) is 20.4 Å². The van der Waals surface area contributed by atoms with Gasteiger partial charge in [-0.25, -0.2) is 0 Å². The van der Waals surface area contributed by atoms with Crippen LogP contribution >= 0.6 is 28.1 Å². The lowest BCUT2D eigenvalue weighted by molar-refractivity contribution is 0.354. The summed E-state index contributed by atoms with van der Waals surface area (Å²) >= 11 is 8.30. The average molecular weight is 332 g/mol. The standard InChI is InChI=1S/C11H14BrN3O2S/c1-13-11(18)15-14-6-7-4-8(12)5-9(16-2)10(7)17-3/h4-6H,1-3H3,(H2,13,15,18)/b14-6+. The molecule has 0 aromatic heterocycles. The number of ether oxygens (including phenoxy) is 2. The maximum atomic E-state index is 5.29. The molecular formula is C11H14BrN3O2S. The van der Waals surface area contributed by atoms with E-state index in [0.717, 1.165) is 10.0 Å². The average Bonchev–Trinajstić information content (AvgIpc) is 2.37. The van der Waals surface area contributed by atoms with Crippen molar-refractivity contribution in [2.75, 3.05) is 21.3 Å². The Morgan fingerprint density at radius 3 is 2.67 bits per heavy atom. The topological polar surface area (TPSA) is 54.9 Å². The summed E-state index contributed by atoms with van der Waals surface area (Å²) in [4.78, 5) is 0. The largest absolute Gasteiger partial charge is 0.493 e. The summed E-state index contributed by atoms with van der Waals surface area (Å²) in [5.74, 6) is 1.24. The lowest BCUT2D eigenvalue weighted by Crippen LogP contribution is -2.28. The van der Waals surface area contributed by atoms with Gasteiger partial charge in [-0.1, -0.05) is 15.9 Å². The van der Waals surface area contributed by atoms with E-state index in [4.69, 9.17) is 21.7 Å². The molecule has 0 saturated carbocycles. The summed E-state index contributed by atoms with van der Waals surface area (Å²) in [7, 11) is 4.88. The second kappa shape index (κ2) is 7.17. The van der Waals surface area contributed by atoms with Crippen LogP contribution in [0.25, 0.3) is 0 Å². The fraction of sp³-hybridized carbons (Fsp3) is 0.273. The first kappa shape index (κ1) is 14.7. The molecule has 0 unspecified atom stereocenters. The third-order valence-corrected chi connectivity index (χ3v) is 2.82. The zero-order valence-corrected chi connectivity index (χ0v) is 12.7. The summed E-state index contributed by atoms with van der Waals surface area (Å²) < 4.78 is 11.4. The molecule has 0 saturated heterocycles. The quantitative estimate of drug-likeness (QED) is 0.501. The highest BCUT2D eigenvalue weighted by Crippen LogP contribution is 2.33. The van der Waals surface area contributed by atoms with Gasteiger partial charge in [-0.15, -0.1) is 0 Å². The van der Waals surface area contributed by atoms with Gasteiger partial charge >= 0.3 is 0 Å². The number of hydrogen-bond donors (Lipinski definition) is 2. The van der Waals surface area contributed by atoms with E-state index < -0.39 is 0 Å². The predicted molar refractivity (Wildman–Crippen MR) is 79.6 cm³/mol. The minimum absolute atomic E-state index is 0.437. The monoisotopic (exact) mass is 331 g/mol. The van der Waals surface area contributed by atoms with Crippen LogP contribution in [0.2, 0.25) is 0 Å². The Balaban J connectivity index is 3.00. The summed E-state index contributed by atoms with van der Waals surface area (Å²) in [5, 5.41) is 7.19. The van der Waals surface area contributed by atoms with Crippen LogP contribution in [0.1, 0.15) is 5.56 Å². The molecule has 0 atom stereocenters. The highest BCUT2D eigenvalue weighted by molar-refractivity contribution is 9.10. The Hall–Kier alpha value is -1.34. The smallest absolute Gasteiger partial charge is 0.186 e. The van der Waals surface area contributed by atoms with Crippen LogP contribution in [0.4, 0.5) is 0 Å². The van der Waals surface area contributed by atoms with Gasteiger partial charge < -0.3 is 14.8 Å². The SMILES string of the molecule is CNC(=S)N/N=C/c1cc(Br)cc(OC)c1OC. The van der Waals surface area contributed by atoms with Crippen LogP contribution in [0.5, 0.6) is 11.5 Å². The lowest BCUT2D eigenvalue weighted by Gasteiger charge is -2.10. The van der Waals surface area contributed by atoms with Crippen LogP contribution in [0, 0.1) is 0 Å². The summed E-state index contributed by atoms with van der Waals surface area (Å²) in [6, 6.07) is 3.69. The number of methoxy groups -OCH3 is 2. The van der Waals surface area contributed by atoms with E-state index in [1.807, 2.05) is 12.1 Å². The number of hydrogen-bond acceptors (Lipinski definition) is 4. The highest BCUT2D eigenvalue weighted by Gasteiger charge is 2.10. The van der Waals surface area contributed by atoms with E-state index in [-0.39, 0.29) is 0 Å². The zero-order valence-electron chi connectivity index (χ0n) is 10.3. The number of halogens is 1. The van der Waals surface area contributed by atoms with Gasteiger partial charge in [0.1, 0.15) is 0 Å². The van der Waals surface area contributed by atoms with Gasteiger partial charge in [0.2, 0.25) is 0 Å². The minimum atomic E-state index is 0.437. The van der Waals surface area contributed by atoms with E-state index in [1.165, 1.54) is 0 Å². The van der Waals surface area contributed by atoms with Crippen molar-refractivity contribution < 1.29 is 9.47 Å². The molecular weight excluding hydrogens is 318 g/mol. The van der Waals surface area contributed by atoms with Crippen molar-refractivity contribution >= 4 is 39.5 Å². The van der Waals surface area contributed by atoms with E-state index in [9.17, 15) is 0 Å². The number of benzene rings is 1. The highest BCUT2D eigenvalue weighted by atomic mass is 79.9. The second-order valence-corrected chi connectivity index (χ2v) is 4.50. The number of hydrazone groups is 1. The van der Waals surface area contributed by atoms with Gasteiger partial charge in [-0.3, -0.25) is 5.43 Å². The van der Waals surface area contributed by atoms with E-state index in [0.29, 0.717) is 16.6 Å². The van der Waals surface area contributed by atoms with Crippen molar-refractivity contribution in [1.82, 2.24) is 10.7 Å². The molecule has 0 heterocycles. The molecule has 0 spiro atoms. The molecule has 7 heteroatoms. The fourth-order valence-electron chi connectivity index (χ4n) is 1.27. The molecule has 0 aliphatic heterocycles. The van der Waals surface area contributed by atoms with Crippen molar-refractivity contribution in [3.8, 4) is 11.5 Å². The summed E-state index contributed by atoms with van der Waals surface area (Å²) in [6.07, 6.45) is 1.61. The Morgan fingerprint density at radius 2 is 2.11 bits per heavy atom. The Bertz CT molecular complexity index is 466. The first-order chi connectivity index (χ1) is 8.62. The maximum absolute atomic E-state index is 5.29. The molecule has 0 aliphatic carbocycles. The van der Waals surface area contributed by atoms with Crippen LogP contribution in [-0.4, -0.2) is 32.6 Å². The fourth-order valence-corrected chi connectivity index (χ4v) is 1.78. The molecule has 0 radical (unpaired) electrons. The Kier molecular flexibility index (Phi) is 5.87. The summed E-state index contributed by atoms with van der Waals surface area (Å²) in [6.45, 7) is 0. The zero-order chi connectivity index (χ0) is 13.5. The third kappa shape index (κ3) is 3.85. The van der Waals surface area contributed by atoms with Crippen molar-refractivity contribution in [2.24, 2.45) is 5.10 Å².